The number of halogens is 1. The van der Waals surface area contributed by atoms with Gasteiger partial charge in [-0.2, -0.15) is 0 Å². The van der Waals surface area contributed by atoms with Crippen LogP contribution in [0.5, 0.6) is 0 Å². The van der Waals surface area contributed by atoms with E-state index in [2.05, 4.69) is 9.97 Å². The Hall–Kier alpha value is -3.15. The SMILES string of the molecule is O=C(c1cccnc1)[C@@H]1CCCN(C(=O)c2ccc3cccc(F)c3n2)C1. The minimum atomic E-state index is -0.453. The Morgan fingerprint density at radius 3 is 2.81 bits per heavy atom. The fraction of sp³-hybridized carbons (Fsp3) is 0.238. The van der Waals surface area contributed by atoms with Crippen LogP contribution in [0.15, 0.2) is 54.9 Å². The zero-order valence-corrected chi connectivity index (χ0v) is 14.6. The van der Waals surface area contributed by atoms with Gasteiger partial charge in [-0.15, -0.1) is 0 Å². The molecule has 0 aliphatic carbocycles. The number of rotatable bonds is 3. The number of pyridine rings is 2. The van der Waals surface area contributed by atoms with Crippen molar-refractivity contribution >= 4 is 22.6 Å². The highest BCUT2D eigenvalue weighted by atomic mass is 19.1. The van der Waals surface area contributed by atoms with Gasteiger partial charge in [0.2, 0.25) is 0 Å². The summed E-state index contributed by atoms with van der Waals surface area (Å²) in [5.74, 6) is -0.989. The van der Waals surface area contributed by atoms with Gasteiger partial charge in [0.05, 0.1) is 0 Å². The summed E-state index contributed by atoms with van der Waals surface area (Å²) in [6, 6.07) is 11.5. The molecule has 1 aliphatic rings. The van der Waals surface area contributed by atoms with Crippen LogP contribution in [0.4, 0.5) is 4.39 Å². The second-order valence-electron chi connectivity index (χ2n) is 6.70. The summed E-state index contributed by atoms with van der Waals surface area (Å²) in [4.78, 5) is 35.4. The molecule has 1 amide bonds. The van der Waals surface area contributed by atoms with Gasteiger partial charge in [-0.3, -0.25) is 14.6 Å². The zero-order valence-electron chi connectivity index (χ0n) is 14.6. The van der Waals surface area contributed by atoms with E-state index in [1.54, 1.807) is 53.7 Å². The van der Waals surface area contributed by atoms with Gasteiger partial charge in [0.1, 0.15) is 17.0 Å². The summed E-state index contributed by atoms with van der Waals surface area (Å²) in [5.41, 5.74) is 0.938. The first-order chi connectivity index (χ1) is 13.1. The third-order valence-corrected chi connectivity index (χ3v) is 4.92. The Morgan fingerprint density at radius 1 is 1.11 bits per heavy atom. The third kappa shape index (κ3) is 3.43. The van der Waals surface area contributed by atoms with Crippen LogP contribution >= 0.6 is 0 Å². The average Bonchev–Trinajstić information content (AvgIpc) is 2.73. The van der Waals surface area contributed by atoms with Gasteiger partial charge in [-0.25, -0.2) is 9.37 Å². The molecule has 1 aliphatic heterocycles. The monoisotopic (exact) mass is 363 g/mol. The molecule has 0 unspecified atom stereocenters. The Labute approximate surface area is 155 Å². The number of carbonyl (C=O) groups is 2. The molecule has 3 aromatic rings. The molecule has 136 valence electrons. The van der Waals surface area contributed by atoms with Gasteiger partial charge in [0.25, 0.3) is 5.91 Å². The largest absolute Gasteiger partial charge is 0.337 e. The Morgan fingerprint density at radius 2 is 2.00 bits per heavy atom. The van der Waals surface area contributed by atoms with Crippen LogP contribution in [0.1, 0.15) is 33.7 Å². The molecule has 0 radical (unpaired) electrons. The van der Waals surface area contributed by atoms with Gasteiger partial charge in [-0.05, 0) is 37.1 Å². The fourth-order valence-corrected chi connectivity index (χ4v) is 3.51. The molecule has 4 rings (SSSR count). The summed E-state index contributed by atoms with van der Waals surface area (Å²) >= 11 is 0. The lowest BCUT2D eigenvalue weighted by Gasteiger charge is -2.31. The van der Waals surface area contributed by atoms with Crippen molar-refractivity contribution in [2.75, 3.05) is 13.1 Å². The number of nitrogens with zero attached hydrogens (tertiary/aromatic N) is 3. The van der Waals surface area contributed by atoms with Crippen molar-refractivity contribution in [1.29, 1.82) is 0 Å². The molecule has 6 heteroatoms. The number of para-hydroxylation sites is 1. The van der Waals surface area contributed by atoms with Gasteiger partial charge < -0.3 is 4.90 Å². The summed E-state index contributed by atoms with van der Waals surface area (Å²) in [6.45, 7) is 0.899. The maximum Gasteiger partial charge on any atom is 0.272 e. The highest BCUT2D eigenvalue weighted by molar-refractivity contribution is 5.99. The minimum Gasteiger partial charge on any atom is -0.337 e. The van der Waals surface area contributed by atoms with Crippen LogP contribution < -0.4 is 0 Å². The van der Waals surface area contributed by atoms with Crippen LogP contribution in [0.3, 0.4) is 0 Å². The number of aromatic nitrogens is 2. The predicted molar refractivity (Wildman–Crippen MR) is 98.9 cm³/mol. The summed E-state index contributed by atoms with van der Waals surface area (Å²) < 4.78 is 14.0. The molecule has 5 nitrogen and oxygen atoms in total. The number of hydrogen-bond acceptors (Lipinski definition) is 4. The molecule has 0 saturated carbocycles. The topological polar surface area (TPSA) is 63.2 Å². The predicted octanol–water partition coefficient (Wildman–Crippen LogP) is 3.50. The first kappa shape index (κ1) is 17.3. The van der Waals surface area contributed by atoms with Crippen molar-refractivity contribution in [3.63, 3.8) is 0 Å². The quantitative estimate of drug-likeness (QED) is 0.668. The lowest BCUT2D eigenvalue weighted by molar-refractivity contribution is 0.0632. The van der Waals surface area contributed by atoms with E-state index in [1.165, 1.54) is 6.07 Å². The van der Waals surface area contributed by atoms with Crippen molar-refractivity contribution < 1.29 is 14.0 Å². The number of likely N-dealkylation sites (tertiary alicyclic amines) is 1. The van der Waals surface area contributed by atoms with E-state index in [1.807, 2.05) is 0 Å². The van der Waals surface area contributed by atoms with Gasteiger partial charge >= 0.3 is 0 Å². The van der Waals surface area contributed by atoms with E-state index >= 15 is 0 Å². The summed E-state index contributed by atoms with van der Waals surface area (Å²) in [6.07, 6.45) is 4.65. The standard InChI is InChI=1S/C21H18FN3O2/c22-17-7-1-4-14-8-9-18(24-19(14)17)21(27)25-11-3-6-16(13-25)20(26)15-5-2-10-23-12-15/h1-2,4-5,7-10,12,16H,3,6,11,13H2/t16-/m1/s1. The number of piperidine rings is 1. The molecular weight excluding hydrogens is 345 g/mol. The maximum absolute atomic E-state index is 14.0. The highest BCUT2D eigenvalue weighted by Crippen LogP contribution is 2.23. The van der Waals surface area contributed by atoms with Crippen LogP contribution in [0.2, 0.25) is 0 Å². The molecule has 0 bridgehead atoms. The van der Waals surface area contributed by atoms with E-state index in [0.717, 1.165) is 12.8 Å². The lowest BCUT2D eigenvalue weighted by Crippen LogP contribution is -2.42. The lowest BCUT2D eigenvalue weighted by atomic mass is 9.90. The van der Waals surface area contributed by atoms with Gasteiger partial charge in [-0.1, -0.05) is 18.2 Å². The molecule has 0 N–H and O–H groups in total. The first-order valence-corrected chi connectivity index (χ1v) is 8.92. The smallest absolute Gasteiger partial charge is 0.272 e. The fourth-order valence-electron chi connectivity index (χ4n) is 3.51. The molecule has 27 heavy (non-hydrogen) atoms. The van der Waals surface area contributed by atoms with Crippen molar-refractivity contribution in [3.8, 4) is 0 Å². The summed E-state index contributed by atoms with van der Waals surface area (Å²) in [5, 5.41) is 0.648. The number of hydrogen-bond donors (Lipinski definition) is 0. The number of benzene rings is 1. The van der Waals surface area contributed by atoms with Crippen molar-refractivity contribution in [3.05, 3.63) is 71.9 Å². The molecule has 3 heterocycles. The van der Waals surface area contributed by atoms with E-state index in [9.17, 15) is 14.0 Å². The maximum atomic E-state index is 14.0. The van der Waals surface area contributed by atoms with Crippen LogP contribution in [0, 0.1) is 11.7 Å². The van der Waals surface area contributed by atoms with E-state index in [-0.39, 0.29) is 28.8 Å². The molecular formula is C21H18FN3O2. The Balaban J connectivity index is 1.55. The number of carbonyl (C=O) groups excluding carboxylic acids is 2. The van der Waals surface area contributed by atoms with E-state index < -0.39 is 5.82 Å². The van der Waals surface area contributed by atoms with Gasteiger partial charge in [0.15, 0.2) is 5.78 Å². The molecule has 1 saturated heterocycles. The first-order valence-electron chi connectivity index (χ1n) is 8.92. The van der Waals surface area contributed by atoms with Crippen molar-refractivity contribution in [2.24, 2.45) is 5.92 Å². The second kappa shape index (κ2) is 7.23. The molecule has 1 aromatic carbocycles. The zero-order chi connectivity index (χ0) is 18.8. The average molecular weight is 363 g/mol. The van der Waals surface area contributed by atoms with E-state index in [0.29, 0.717) is 24.0 Å². The van der Waals surface area contributed by atoms with E-state index in [4.69, 9.17) is 0 Å². The van der Waals surface area contributed by atoms with Crippen molar-refractivity contribution in [2.45, 2.75) is 12.8 Å². The van der Waals surface area contributed by atoms with Crippen LogP contribution in [-0.4, -0.2) is 39.6 Å². The number of ketones is 1. The molecule has 2 aromatic heterocycles. The number of fused-ring (bicyclic) bond motifs is 1. The molecule has 1 fully saturated rings. The number of Topliss-reactive ketones (excluding diaryl/α,β-unsaturated/α-hetero) is 1. The Bertz CT molecular complexity index is 1010. The van der Waals surface area contributed by atoms with Crippen molar-refractivity contribution in [1.82, 2.24) is 14.9 Å². The summed E-state index contributed by atoms with van der Waals surface area (Å²) in [7, 11) is 0. The Kier molecular flexibility index (Phi) is 4.62. The minimum absolute atomic E-state index is 0.00175. The number of amides is 1. The third-order valence-electron chi connectivity index (χ3n) is 4.92. The molecule has 1 atom stereocenters. The normalized spacial score (nSPS) is 17.1. The molecule has 0 spiro atoms. The highest BCUT2D eigenvalue weighted by Gasteiger charge is 2.30. The van der Waals surface area contributed by atoms with Gasteiger partial charge in [0, 0.05) is 42.4 Å². The van der Waals surface area contributed by atoms with Crippen LogP contribution in [-0.2, 0) is 0 Å². The second-order valence-corrected chi connectivity index (χ2v) is 6.70. The van der Waals surface area contributed by atoms with Crippen LogP contribution in [0.25, 0.3) is 10.9 Å².